The Labute approximate surface area is 209 Å². The van der Waals surface area contributed by atoms with E-state index >= 15 is 0 Å². The molecule has 1 fully saturated rings. The molecule has 0 saturated heterocycles. The van der Waals surface area contributed by atoms with Gasteiger partial charge in [0.15, 0.2) is 0 Å². The Hall–Kier alpha value is -2.20. The second-order valence-corrected chi connectivity index (χ2v) is 10.2. The molecule has 0 amide bonds. The lowest BCUT2D eigenvalue weighted by Crippen LogP contribution is -2.12. The average molecular weight is 459 g/mol. The van der Waals surface area contributed by atoms with E-state index in [1.807, 2.05) is 0 Å². The molecule has 0 bridgehead atoms. The number of hydrogen-bond acceptors (Lipinski definition) is 1. The number of aryl methyl sites for hydroxylation is 1. The molecular weight excluding hydrogens is 412 g/mol. The van der Waals surface area contributed by atoms with Gasteiger partial charge < -0.3 is 4.74 Å². The second-order valence-electron chi connectivity index (χ2n) is 10.2. The summed E-state index contributed by atoms with van der Waals surface area (Å²) in [7, 11) is 0. The van der Waals surface area contributed by atoms with Crippen LogP contribution in [0.15, 0.2) is 48.5 Å². The number of unbranched alkanes of at least 4 members (excludes halogenated alkanes) is 7. The van der Waals surface area contributed by atoms with Crippen molar-refractivity contribution in [3.8, 4) is 17.6 Å². The normalized spacial score (nSPS) is 17.7. The van der Waals surface area contributed by atoms with Crippen molar-refractivity contribution >= 4 is 0 Å². The third kappa shape index (κ3) is 9.58. The fraction of sp³-hybridized carbons (Fsp3) is 0.576. The average Bonchev–Trinajstić information content (AvgIpc) is 2.88. The van der Waals surface area contributed by atoms with Gasteiger partial charge in [0.2, 0.25) is 0 Å². The summed E-state index contributed by atoms with van der Waals surface area (Å²) < 4.78 is 5.99. The van der Waals surface area contributed by atoms with Crippen molar-refractivity contribution in [2.45, 2.75) is 110 Å². The molecule has 2 aromatic rings. The van der Waals surface area contributed by atoms with Crippen LogP contribution in [0, 0.1) is 17.8 Å². The van der Waals surface area contributed by atoms with Crippen molar-refractivity contribution in [3.05, 3.63) is 65.2 Å². The van der Waals surface area contributed by atoms with Gasteiger partial charge in [0.05, 0.1) is 6.61 Å². The van der Waals surface area contributed by atoms with Gasteiger partial charge in [0, 0.05) is 11.5 Å². The SMILES string of the molecule is CCCCCCCCCCOc1ccc(C2CCC(C#Cc3ccc(CCC)cc3)CC2)cc1. The Kier molecular flexibility index (Phi) is 12.2. The highest BCUT2D eigenvalue weighted by molar-refractivity contribution is 5.37. The molecule has 0 radical (unpaired) electrons. The van der Waals surface area contributed by atoms with E-state index < -0.39 is 0 Å². The maximum Gasteiger partial charge on any atom is 0.119 e. The van der Waals surface area contributed by atoms with Gasteiger partial charge in [0.25, 0.3) is 0 Å². The van der Waals surface area contributed by atoms with Gasteiger partial charge in [-0.15, -0.1) is 0 Å². The predicted molar refractivity (Wildman–Crippen MR) is 147 cm³/mol. The van der Waals surface area contributed by atoms with Crippen LogP contribution in [0.5, 0.6) is 5.75 Å². The molecule has 34 heavy (non-hydrogen) atoms. The number of rotatable bonds is 13. The molecule has 0 aliphatic heterocycles. The van der Waals surface area contributed by atoms with Crippen LogP contribution in [0.25, 0.3) is 0 Å². The highest BCUT2D eigenvalue weighted by Crippen LogP contribution is 2.36. The van der Waals surface area contributed by atoms with E-state index in [4.69, 9.17) is 4.74 Å². The van der Waals surface area contributed by atoms with Gasteiger partial charge in [-0.05, 0) is 79.8 Å². The van der Waals surface area contributed by atoms with E-state index in [2.05, 4.69) is 74.2 Å². The van der Waals surface area contributed by atoms with Crippen LogP contribution in [-0.2, 0) is 6.42 Å². The molecule has 1 aliphatic rings. The van der Waals surface area contributed by atoms with Crippen LogP contribution in [0.3, 0.4) is 0 Å². The summed E-state index contributed by atoms with van der Waals surface area (Å²) in [6, 6.07) is 17.8. The van der Waals surface area contributed by atoms with Gasteiger partial charge in [-0.2, -0.15) is 0 Å². The quantitative estimate of drug-likeness (QED) is 0.214. The summed E-state index contributed by atoms with van der Waals surface area (Å²) in [6.07, 6.45) is 18.0. The third-order valence-corrected chi connectivity index (χ3v) is 7.26. The van der Waals surface area contributed by atoms with Gasteiger partial charge in [-0.25, -0.2) is 0 Å². The van der Waals surface area contributed by atoms with Crippen molar-refractivity contribution in [1.29, 1.82) is 0 Å². The number of ether oxygens (including phenoxy) is 1. The van der Waals surface area contributed by atoms with Crippen molar-refractivity contribution in [3.63, 3.8) is 0 Å². The van der Waals surface area contributed by atoms with Gasteiger partial charge >= 0.3 is 0 Å². The highest BCUT2D eigenvalue weighted by Gasteiger charge is 2.21. The van der Waals surface area contributed by atoms with Gasteiger partial charge in [-0.3, -0.25) is 0 Å². The molecule has 0 aromatic heterocycles. The Balaban J connectivity index is 1.32. The second kappa shape index (κ2) is 15.7. The van der Waals surface area contributed by atoms with Crippen LogP contribution < -0.4 is 4.74 Å². The van der Waals surface area contributed by atoms with Crippen LogP contribution in [0.4, 0.5) is 0 Å². The van der Waals surface area contributed by atoms with Crippen LogP contribution in [0.2, 0.25) is 0 Å². The summed E-state index contributed by atoms with van der Waals surface area (Å²) >= 11 is 0. The molecule has 1 saturated carbocycles. The molecule has 2 aromatic carbocycles. The third-order valence-electron chi connectivity index (χ3n) is 7.26. The maximum atomic E-state index is 5.99. The van der Waals surface area contributed by atoms with E-state index in [-0.39, 0.29) is 0 Å². The lowest BCUT2D eigenvalue weighted by atomic mass is 9.79. The first-order chi connectivity index (χ1) is 16.8. The fourth-order valence-electron chi connectivity index (χ4n) is 5.06. The van der Waals surface area contributed by atoms with E-state index in [1.165, 1.54) is 94.6 Å². The monoisotopic (exact) mass is 458 g/mol. The van der Waals surface area contributed by atoms with Crippen LogP contribution in [-0.4, -0.2) is 6.61 Å². The van der Waals surface area contributed by atoms with E-state index in [0.717, 1.165) is 24.3 Å². The molecule has 0 spiro atoms. The summed E-state index contributed by atoms with van der Waals surface area (Å²) in [6.45, 7) is 5.35. The smallest absolute Gasteiger partial charge is 0.119 e. The summed E-state index contributed by atoms with van der Waals surface area (Å²) in [5.74, 6) is 9.21. The minimum absolute atomic E-state index is 0.542. The largest absolute Gasteiger partial charge is 0.494 e. The molecule has 0 N–H and O–H groups in total. The van der Waals surface area contributed by atoms with Gasteiger partial charge in [-0.1, -0.05) is 101 Å². The lowest BCUT2D eigenvalue weighted by molar-refractivity contribution is 0.304. The molecule has 1 heteroatoms. The minimum Gasteiger partial charge on any atom is -0.494 e. The summed E-state index contributed by atoms with van der Waals surface area (Å²) in [4.78, 5) is 0. The zero-order chi connectivity index (χ0) is 23.8. The number of benzene rings is 2. The predicted octanol–water partition coefficient (Wildman–Crippen LogP) is 9.48. The minimum atomic E-state index is 0.542. The summed E-state index contributed by atoms with van der Waals surface area (Å²) in [5, 5.41) is 0. The van der Waals surface area contributed by atoms with Gasteiger partial charge in [0.1, 0.15) is 5.75 Å². The standard InChI is InChI=1S/C33H46O/c1-3-5-6-7-8-9-10-11-27-34-33-25-23-32(24-26-33)31-21-19-30(20-22-31)18-17-29-15-13-28(12-4-2)14-16-29/h13-16,23-26,30-31H,3-12,19-22,27H2,1-2H3. The topological polar surface area (TPSA) is 9.23 Å². The fourth-order valence-corrected chi connectivity index (χ4v) is 5.06. The van der Waals surface area contributed by atoms with Crippen molar-refractivity contribution < 1.29 is 4.74 Å². The lowest BCUT2D eigenvalue weighted by Gasteiger charge is -2.26. The molecule has 0 unspecified atom stereocenters. The first-order valence-electron chi connectivity index (χ1n) is 14.1. The Morgan fingerprint density at radius 3 is 2.00 bits per heavy atom. The van der Waals surface area contributed by atoms with E-state index in [0.29, 0.717) is 11.8 Å². The van der Waals surface area contributed by atoms with Crippen LogP contribution in [0.1, 0.15) is 120 Å². The summed E-state index contributed by atoms with van der Waals surface area (Å²) in [5.41, 5.74) is 4.04. The first-order valence-corrected chi connectivity index (χ1v) is 14.1. The Morgan fingerprint density at radius 2 is 1.35 bits per heavy atom. The molecule has 0 heterocycles. The highest BCUT2D eigenvalue weighted by atomic mass is 16.5. The van der Waals surface area contributed by atoms with Crippen molar-refractivity contribution in [2.75, 3.05) is 6.61 Å². The Bertz CT molecular complexity index is 844. The Morgan fingerprint density at radius 1 is 0.706 bits per heavy atom. The zero-order valence-corrected chi connectivity index (χ0v) is 21.8. The maximum absolute atomic E-state index is 5.99. The molecule has 3 rings (SSSR count). The molecule has 184 valence electrons. The van der Waals surface area contributed by atoms with E-state index in [1.54, 1.807) is 0 Å². The number of hydrogen-bond donors (Lipinski definition) is 0. The van der Waals surface area contributed by atoms with Crippen molar-refractivity contribution in [1.82, 2.24) is 0 Å². The van der Waals surface area contributed by atoms with E-state index in [9.17, 15) is 0 Å². The van der Waals surface area contributed by atoms with Crippen molar-refractivity contribution in [2.24, 2.45) is 5.92 Å². The molecule has 0 atom stereocenters. The molecular formula is C33H46O. The first kappa shape index (κ1) is 26.4. The molecule has 1 aliphatic carbocycles. The molecule has 1 nitrogen and oxygen atoms in total. The zero-order valence-electron chi connectivity index (χ0n) is 21.8. The van der Waals surface area contributed by atoms with Crippen LogP contribution >= 0.6 is 0 Å².